The molecule has 1 unspecified atom stereocenters. The van der Waals surface area contributed by atoms with Crippen molar-refractivity contribution in [3.63, 3.8) is 0 Å². The Morgan fingerprint density at radius 2 is 2.04 bits per heavy atom. The molecule has 0 spiro atoms. The van der Waals surface area contributed by atoms with Crippen LogP contribution >= 0.6 is 11.8 Å². The van der Waals surface area contributed by atoms with Gasteiger partial charge < -0.3 is 14.5 Å². The van der Waals surface area contributed by atoms with Crippen molar-refractivity contribution in [2.45, 2.75) is 58.6 Å². The van der Waals surface area contributed by atoms with Gasteiger partial charge in [0.2, 0.25) is 5.91 Å². The van der Waals surface area contributed by atoms with E-state index in [4.69, 9.17) is 4.74 Å². The molecule has 2 aliphatic heterocycles. The number of rotatable bonds is 4. The highest BCUT2D eigenvalue weighted by atomic mass is 32.2. The predicted molar refractivity (Wildman–Crippen MR) is 93.8 cm³/mol. The Bertz CT molecular complexity index is 503. The van der Waals surface area contributed by atoms with E-state index in [9.17, 15) is 14.4 Å². The Morgan fingerprint density at radius 3 is 2.67 bits per heavy atom. The first kappa shape index (κ1) is 19.1. The van der Waals surface area contributed by atoms with Gasteiger partial charge in [0.05, 0.1) is 6.04 Å². The first-order valence-electron chi connectivity index (χ1n) is 8.56. The minimum atomic E-state index is -0.511. The number of thioether (sulfide) groups is 1. The molecular weight excluding hydrogens is 328 g/mol. The van der Waals surface area contributed by atoms with Crippen LogP contribution in [0.1, 0.15) is 47.0 Å². The van der Waals surface area contributed by atoms with E-state index in [-0.39, 0.29) is 29.1 Å². The van der Waals surface area contributed by atoms with Gasteiger partial charge in [0.1, 0.15) is 5.60 Å². The Hall–Kier alpha value is -1.24. The summed E-state index contributed by atoms with van der Waals surface area (Å²) in [6.07, 6.45) is 2.05. The first-order chi connectivity index (χ1) is 11.2. The van der Waals surface area contributed by atoms with Gasteiger partial charge in [0.15, 0.2) is 5.12 Å². The molecule has 0 bridgehead atoms. The zero-order valence-electron chi connectivity index (χ0n) is 15.0. The molecule has 0 aromatic rings. The predicted octanol–water partition coefficient (Wildman–Crippen LogP) is 2.51. The first-order valence-corrected chi connectivity index (χ1v) is 9.55. The van der Waals surface area contributed by atoms with Crippen LogP contribution in [0.5, 0.6) is 0 Å². The molecule has 0 radical (unpaired) electrons. The molecule has 2 heterocycles. The van der Waals surface area contributed by atoms with Crippen molar-refractivity contribution in [2.24, 2.45) is 5.92 Å². The highest BCUT2D eigenvalue weighted by molar-refractivity contribution is 8.13. The van der Waals surface area contributed by atoms with Gasteiger partial charge in [-0.3, -0.25) is 9.59 Å². The van der Waals surface area contributed by atoms with E-state index in [0.717, 1.165) is 12.8 Å². The van der Waals surface area contributed by atoms with Crippen LogP contribution in [0.3, 0.4) is 0 Å². The minimum absolute atomic E-state index is 0.0306. The Labute approximate surface area is 148 Å². The fraction of sp³-hybridized carbons (Fsp3) is 0.824. The largest absolute Gasteiger partial charge is 0.444 e. The van der Waals surface area contributed by atoms with Crippen LogP contribution in [0.25, 0.3) is 0 Å². The standard InChI is InChI=1S/C17H28N2O4S/c1-12(20)24-11-13-8-15(21)18(9-13)10-14-6-5-7-19(14)16(22)23-17(2,3)4/h13-14H,5-11H2,1-4H3/t13?,14-/m1/s1. The smallest absolute Gasteiger partial charge is 0.410 e. The Morgan fingerprint density at radius 1 is 1.33 bits per heavy atom. The lowest BCUT2D eigenvalue weighted by atomic mass is 10.1. The highest BCUT2D eigenvalue weighted by Crippen LogP contribution is 2.26. The van der Waals surface area contributed by atoms with Gasteiger partial charge in [0, 0.05) is 38.7 Å². The van der Waals surface area contributed by atoms with Crippen molar-refractivity contribution >= 4 is 28.9 Å². The van der Waals surface area contributed by atoms with E-state index in [1.165, 1.54) is 11.8 Å². The summed E-state index contributed by atoms with van der Waals surface area (Å²) in [5.74, 6) is 1.04. The molecule has 0 saturated carbocycles. The molecular formula is C17H28N2O4S. The van der Waals surface area contributed by atoms with Gasteiger partial charge >= 0.3 is 6.09 Å². The third-order valence-corrected chi connectivity index (χ3v) is 5.30. The van der Waals surface area contributed by atoms with E-state index in [1.54, 1.807) is 11.8 Å². The number of likely N-dealkylation sites (tertiary alicyclic amines) is 2. The van der Waals surface area contributed by atoms with Gasteiger partial charge in [-0.05, 0) is 39.5 Å². The molecule has 24 heavy (non-hydrogen) atoms. The molecule has 2 fully saturated rings. The number of carbonyl (C=O) groups is 3. The third-order valence-electron chi connectivity index (χ3n) is 4.25. The molecule has 7 heteroatoms. The van der Waals surface area contributed by atoms with E-state index < -0.39 is 5.60 Å². The quantitative estimate of drug-likeness (QED) is 0.774. The molecule has 0 N–H and O–H groups in total. The van der Waals surface area contributed by atoms with Crippen molar-refractivity contribution in [1.82, 2.24) is 9.80 Å². The van der Waals surface area contributed by atoms with E-state index in [1.807, 2.05) is 25.7 Å². The van der Waals surface area contributed by atoms with Crippen LogP contribution in [0.2, 0.25) is 0 Å². The number of hydrogen-bond acceptors (Lipinski definition) is 5. The normalized spacial score (nSPS) is 24.6. The molecule has 0 aromatic heterocycles. The summed E-state index contributed by atoms with van der Waals surface area (Å²) in [6.45, 7) is 9.06. The molecule has 6 nitrogen and oxygen atoms in total. The number of nitrogens with zero attached hydrogens (tertiary/aromatic N) is 2. The van der Waals surface area contributed by atoms with E-state index >= 15 is 0 Å². The number of ether oxygens (including phenoxy) is 1. The summed E-state index contributed by atoms with van der Waals surface area (Å²) in [6, 6.07) is 0.0306. The fourth-order valence-electron chi connectivity index (χ4n) is 3.22. The Kier molecular flexibility index (Phi) is 6.17. The maximum Gasteiger partial charge on any atom is 0.410 e. The van der Waals surface area contributed by atoms with Gasteiger partial charge in [-0.1, -0.05) is 11.8 Å². The van der Waals surface area contributed by atoms with Crippen LogP contribution in [0.15, 0.2) is 0 Å². The summed E-state index contributed by atoms with van der Waals surface area (Å²) >= 11 is 1.28. The fourth-order valence-corrected chi connectivity index (χ4v) is 3.91. The summed E-state index contributed by atoms with van der Waals surface area (Å²) < 4.78 is 5.47. The van der Waals surface area contributed by atoms with Crippen molar-refractivity contribution in [3.8, 4) is 0 Å². The number of carbonyl (C=O) groups excluding carboxylic acids is 3. The monoisotopic (exact) mass is 356 g/mol. The molecule has 2 aliphatic rings. The zero-order valence-corrected chi connectivity index (χ0v) is 15.9. The van der Waals surface area contributed by atoms with Crippen molar-refractivity contribution < 1.29 is 19.1 Å². The van der Waals surface area contributed by atoms with Gasteiger partial charge in [-0.2, -0.15) is 0 Å². The SMILES string of the molecule is CC(=O)SCC1CC(=O)N(C[C@H]2CCCN2C(=O)OC(C)(C)C)C1. The lowest BCUT2D eigenvalue weighted by Gasteiger charge is -2.31. The topological polar surface area (TPSA) is 66.9 Å². The summed E-state index contributed by atoms with van der Waals surface area (Å²) in [4.78, 5) is 39.2. The summed E-state index contributed by atoms with van der Waals surface area (Å²) in [5.41, 5.74) is -0.511. The van der Waals surface area contributed by atoms with Crippen LogP contribution < -0.4 is 0 Å². The molecule has 2 saturated heterocycles. The second-order valence-corrected chi connectivity index (χ2v) is 8.84. The third kappa shape index (κ3) is 5.40. The van der Waals surface area contributed by atoms with E-state index in [0.29, 0.717) is 31.8 Å². The van der Waals surface area contributed by atoms with Crippen molar-refractivity contribution in [3.05, 3.63) is 0 Å². The molecule has 0 aromatic carbocycles. The average Bonchev–Trinajstić information content (AvgIpc) is 3.02. The second-order valence-electron chi connectivity index (χ2n) is 7.64. The molecule has 136 valence electrons. The number of hydrogen-bond donors (Lipinski definition) is 0. The molecule has 2 rings (SSSR count). The van der Waals surface area contributed by atoms with Crippen LogP contribution in [-0.4, -0.2) is 63.9 Å². The second kappa shape index (κ2) is 7.76. The maximum atomic E-state index is 12.3. The van der Waals surface area contributed by atoms with E-state index in [2.05, 4.69) is 0 Å². The van der Waals surface area contributed by atoms with Gasteiger partial charge in [-0.15, -0.1) is 0 Å². The van der Waals surface area contributed by atoms with Gasteiger partial charge in [0.25, 0.3) is 0 Å². The highest BCUT2D eigenvalue weighted by Gasteiger charge is 2.37. The minimum Gasteiger partial charge on any atom is -0.444 e. The van der Waals surface area contributed by atoms with Crippen LogP contribution in [0.4, 0.5) is 4.79 Å². The lowest BCUT2D eigenvalue weighted by molar-refractivity contribution is -0.128. The van der Waals surface area contributed by atoms with Gasteiger partial charge in [-0.25, -0.2) is 4.79 Å². The Balaban J connectivity index is 1.88. The maximum absolute atomic E-state index is 12.3. The number of amides is 2. The summed E-state index contributed by atoms with van der Waals surface area (Å²) in [5, 5.41) is 0.0905. The van der Waals surface area contributed by atoms with Crippen LogP contribution in [-0.2, 0) is 14.3 Å². The molecule has 2 amide bonds. The molecule has 0 aliphatic carbocycles. The zero-order chi connectivity index (χ0) is 17.9. The molecule has 2 atom stereocenters. The van der Waals surface area contributed by atoms with Crippen LogP contribution in [0, 0.1) is 5.92 Å². The van der Waals surface area contributed by atoms with Crippen molar-refractivity contribution in [2.75, 3.05) is 25.4 Å². The summed E-state index contributed by atoms with van der Waals surface area (Å²) in [7, 11) is 0. The van der Waals surface area contributed by atoms with Crippen molar-refractivity contribution in [1.29, 1.82) is 0 Å². The lowest BCUT2D eigenvalue weighted by Crippen LogP contribution is -2.45. The average molecular weight is 356 g/mol.